The summed E-state index contributed by atoms with van der Waals surface area (Å²) in [7, 11) is 0. The Hall–Kier alpha value is -1.91. The van der Waals surface area contributed by atoms with Crippen LogP contribution in [0.25, 0.3) is 0 Å². The number of hydrogen-bond donors (Lipinski definition) is 1. The zero-order valence-electron chi connectivity index (χ0n) is 11.2. The van der Waals surface area contributed by atoms with Gasteiger partial charge in [0.15, 0.2) is 0 Å². The molecule has 0 saturated heterocycles. The van der Waals surface area contributed by atoms with E-state index in [1.54, 1.807) is 6.07 Å². The monoisotopic (exact) mass is 259 g/mol. The Labute approximate surface area is 113 Å². The highest BCUT2D eigenvalue weighted by Crippen LogP contribution is 2.32. The number of nitrogens with zero attached hydrogens (tertiary/aromatic N) is 3. The van der Waals surface area contributed by atoms with Crippen molar-refractivity contribution in [3.8, 4) is 0 Å². The van der Waals surface area contributed by atoms with Gasteiger partial charge in [-0.2, -0.15) is 0 Å². The molecule has 1 aliphatic heterocycles. The maximum absolute atomic E-state index is 11.8. The van der Waals surface area contributed by atoms with Crippen LogP contribution in [0.1, 0.15) is 45.4 Å². The second-order valence-electron chi connectivity index (χ2n) is 4.71. The van der Waals surface area contributed by atoms with Gasteiger partial charge in [0, 0.05) is 12.1 Å². The van der Waals surface area contributed by atoms with Crippen LogP contribution < -0.4 is 10.7 Å². The first-order valence-corrected chi connectivity index (χ1v) is 6.85. The van der Waals surface area contributed by atoms with Gasteiger partial charge in [0.1, 0.15) is 11.4 Å². The molecule has 0 spiro atoms. The second-order valence-corrected chi connectivity index (χ2v) is 4.71. The first kappa shape index (κ1) is 13.5. The Morgan fingerprint density at radius 1 is 1.16 bits per heavy atom. The third kappa shape index (κ3) is 4.05. The minimum Gasteiger partial charge on any atom is -0.326 e. The fourth-order valence-corrected chi connectivity index (χ4v) is 2.00. The van der Waals surface area contributed by atoms with Gasteiger partial charge in [-0.15, -0.1) is 10.5 Å². The molecule has 1 aromatic rings. The molecule has 0 atom stereocenters. The third-order valence-corrected chi connectivity index (χ3v) is 3.07. The SMILES string of the molecule is CCCCCCCC(=O)Nc1ccc2c(c1)[N]N=N2. The summed E-state index contributed by atoms with van der Waals surface area (Å²) in [5.74, 6) is 0.0586. The smallest absolute Gasteiger partial charge is 0.224 e. The van der Waals surface area contributed by atoms with E-state index in [9.17, 15) is 4.79 Å². The number of amides is 1. The number of anilines is 1. The number of benzene rings is 1. The average Bonchev–Trinajstić information content (AvgIpc) is 2.86. The van der Waals surface area contributed by atoms with Crippen LogP contribution in [0.15, 0.2) is 28.5 Å². The minimum atomic E-state index is 0.0586. The van der Waals surface area contributed by atoms with Gasteiger partial charge in [0.25, 0.3) is 0 Å². The Balaban J connectivity index is 1.73. The van der Waals surface area contributed by atoms with Gasteiger partial charge in [-0.25, -0.2) is 0 Å². The highest BCUT2D eigenvalue weighted by Gasteiger charge is 2.11. The summed E-state index contributed by atoms with van der Waals surface area (Å²) in [6.07, 6.45) is 6.34. The number of nitrogens with one attached hydrogen (secondary N) is 1. The fourth-order valence-electron chi connectivity index (χ4n) is 2.00. The van der Waals surface area contributed by atoms with E-state index in [-0.39, 0.29) is 5.91 Å². The molecule has 1 N–H and O–H groups in total. The van der Waals surface area contributed by atoms with E-state index in [4.69, 9.17) is 0 Å². The largest absolute Gasteiger partial charge is 0.326 e. The van der Waals surface area contributed by atoms with E-state index < -0.39 is 0 Å². The summed E-state index contributed by atoms with van der Waals surface area (Å²) in [5.41, 5.74) is 6.08. The number of carbonyl (C=O) groups excluding carboxylic acids is 1. The molecule has 1 aromatic carbocycles. The number of unbranched alkanes of at least 4 members (excludes halogenated alkanes) is 4. The Morgan fingerprint density at radius 3 is 2.84 bits per heavy atom. The first-order chi connectivity index (χ1) is 9.29. The normalized spacial score (nSPS) is 12.1. The van der Waals surface area contributed by atoms with E-state index in [0.29, 0.717) is 12.1 Å². The van der Waals surface area contributed by atoms with Crippen LogP contribution in [0, 0.1) is 0 Å². The molecule has 19 heavy (non-hydrogen) atoms. The lowest BCUT2D eigenvalue weighted by Gasteiger charge is -2.06. The van der Waals surface area contributed by atoms with Crippen LogP contribution >= 0.6 is 0 Å². The van der Waals surface area contributed by atoms with Gasteiger partial charge in [0.05, 0.1) is 0 Å². The topological polar surface area (TPSA) is 67.9 Å². The standard InChI is InChI=1S/C14H19N4O/c1-2-3-4-5-6-7-14(19)15-11-8-9-12-13(10-11)17-18-16-12/h8-10H,2-7H2,1H3,(H,15,19). The van der Waals surface area contributed by atoms with E-state index in [2.05, 4.69) is 28.0 Å². The molecule has 0 unspecified atom stereocenters. The molecule has 5 heteroatoms. The van der Waals surface area contributed by atoms with Gasteiger partial charge in [-0.3, -0.25) is 4.79 Å². The lowest BCUT2D eigenvalue weighted by molar-refractivity contribution is -0.116. The molecule has 1 amide bonds. The lowest BCUT2D eigenvalue weighted by atomic mass is 10.1. The Kier molecular flexibility index (Phi) is 4.89. The highest BCUT2D eigenvalue weighted by atomic mass is 16.1. The van der Waals surface area contributed by atoms with Crippen molar-refractivity contribution in [2.24, 2.45) is 10.3 Å². The van der Waals surface area contributed by atoms with Crippen molar-refractivity contribution in [2.75, 3.05) is 5.32 Å². The molecule has 1 aliphatic rings. The average molecular weight is 259 g/mol. The van der Waals surface area contributed by atoms with Crippen molar-refractivity contribution in [3.63, 3.8) is 0 Å². The van der Waals surface area contributed by atoms with Crippen LogP contribution in [0.3, 0.4) is 0 Å². The lowest BCUT2D eigenvalue weighted by Crippen LogP contribution is -2.11. The molecule has 0 saturated carbocycles. The molecule has 0 fully saturated rings. The van der Waals surface area contributed by atoms with Gasteiger partial charge in [-0.05, 0) is 29.8 Å². The predicted molar refractivity (Wildman–Crippen MR) is 74.8 cm³/mol. The summed E-state index contributed by atoms with van der Waals surface area (Å²) in [6.45, 7) is 2.18. The fraction of sp³-hybridized carbons (Fsp3) is 0.500. The molecule has 1 radical (unpaired) electrons. The van der Waals surface area contributed by atoms with Crippen LogP contribution in [0.2, 0.25) is 0 Å². The maximum atomic E-state index is 11.8. The quantitative estimate of drug-likeness (QED) is 0.731. The molecule has 101 valence electrons. The van der Waals surface area contributed by atoms with Crippen molar-refractivity contribution in [1.82, 2.24) is 5.43 Å². The minimum absolute atomic E-state index is 0.0586. The molecule has 0 bridgehead atoms. The molecule has 0 aliphatic carbocycles. The zero-order chi connectivity index (χ0) is 13.5. The summed E-state index contributed by atoms with van der Waals surface area (Å²) in [6, 6.07) is 5.43. The van der Waals surface area contributed by atoms with Crippen LogP contribution in [-0.4, -0.2) is 5.91 Å². The second kappa shape index (κ2) is 6.87. The summed E-state index contributed by atoms with van der Waals surface area (Å²) in [5, 5.41) is 10.3. The van der Waals surface area contributed by atoms with Crippen molar-refractivity contribution in [2.45, 2.75) is 45.4 Å². The number of carbonyl (C=O) groups is 1. The van der Waals surface area contributed by atoms with Gasteiger partial charge < -0.3 is 5.32 Å². The highest BCUT2D eigenvalue weighted by molar-refractivity contribution is 5.91. The Morgan fingerprint density at radius 2 is 2.00 bits per heavy atom. The predicted octanol–water partition coefficient (Wildman–Crippen LogP) is 4.23. The van der Waals surface area contributed by atoms with Crippen molar-refractivity contribution < 1.29 is 4.79 Å². The molecule has 0 aromatic heterocycles. The van der Waals surface area contributed by atoms with Crippen molar-refractivity contribution in [1.29, 1.82) is 0 Å². The zero-order valence-corrected chi connectivity index (χ0v) is 11.2. The molecule has 2 rings (SSSR count). The maximum Gasteiger partial charge on any atom is 0.224 e. The molecule has 5 nitrogen and oxygen atoms in total. The number of hydrogen-bond acceptors (Lipinski definition) is 3. The van der Waals surface area contributed by atoms with Gasteiger partial charge in [-0.1, -0.05) is 32.6 Å². The molecule has 1 heterocycles. The van der Waals surface area contributed by atoms with Crippen molar-refractivity contribution >= 4 is 23.0 Å². The van der Waals surface area contributed by atoms with Gasteiger partial charge in [0.2, 0.25) is 5.91 Å². The van der Waals surface area contributed by atoms with Gasteiger partial charge >= 0.3 is 0 Å². The van der Waals surface area contributed by atoms with E-state index in [1.807, 2.05) is 12.1 Å². The van der Waals surface area contributed by atoms with E-state index >= 15 is 0 Å². The number of rotatable bonds is 7. The van der Waals surface area contributed by atoms with Crippen LogP contribution in [-0.2, 0) is 4.79 Å². The first-order valence-electron chi connectivity index (χ1n) is 6.85. The van der Waals surface area contributed by atoms with Crippen LogP contribution in [0.4, 0.5) is 17.1 Å². The summed E-state index contributed by atoms with van der Waals surface area (Å²) < 4.78 is 0. The van der Waals surface area contributed by atoms with E-state index in [0.717, 1.165) is 24.2 Å². The summed E-state index contributed by atoms with van der Waals surface area (Å²) in [4.78, 5) is 11.8. The Bertz CT molecular complexity index is 471. The third-order valence-electron chi connectivity index (χ3n) is 3.07. The summed E-state index contributed by atoms with van der Waals surface area (Å²) >= 11 is 0. The van der Waals surface area contributed by atoms with Crippen molar-refractivity contribution in [3.05, 3.63) is 18.2 Å². The van der Waals surface area contributed by atoms with E-state index in [1.165, 1.54) is 19.3 Å². The molecular formula is C14H19N4O. The molecular weight excluding hydrogens is 240 g/mol. The number of fused-ring (bicyclic) bond motifs is 1. The van der Waals surface area contributed by atoms with Crippen LogP contribution in [0.5, 0.6) is 0 Å².